The Labute approximate surface area is 146 Å². The maximum atomic E-state index is 12.2. The fourth-order valence-electron chi connectivity index (χ4n) is 4.07. The van der Waals surface area contributed by atoms with Crippen molar-refractivity contribution in [2.75, 3.05) is 38.1 Å². The molecule has 0 aromatic heterocycles. The number of carbonyl (C=O) groups is 1. The zero-order valence-electron chi connectivity index (χ0n) is 15.1. The molecule has 0 spiro atoms. The van der Waals surface area contributed by atoms with E-state index in [2.05, 4.69) is 53.4 Å². The predicted molar refractivity (Wildman–Crippen MR) is 99.4 cm³/mol. The highest BCUT2D eigenvalue weighted by Gasteiger charge is 2.24. The van der Waals surface area contributed by atoms with Gasteiger partial charge in [-0.05, 0) is 56.8 Å². The molecule has 24 heavy (non-hydrogen) atoms. The van der Waals surface area contributed by atoms with E-state index in [9.17, 15) is 4.79 Å². The molecule has 4 heteroatoms. The Balaban J connectivity index is 1.40. The van der Waals surface area contributed by atoms with E-state index in [0.29, 0.717) is 18.5 Å². The number of benzene rings is 1. The van der Waals surface area contributed by atoms with Crippen LogP contribution in [0.1, 0.15) is 37.7 Å². The molecule has 3 rings (SSSR count). The molecule has 1 amide bonds. The van der Waals surface area contributed by atoms with Gasteiger partial charge in [0, 0.05) is 31.4 Å². The summed E-state index contributed by atoms with van der Waals surface area (Å²) < 4.78 is 0. The molecule has 132 valence electrons. The van der Waals surface area contributed by atoms with Crippen LogP contribution in [0, 0.1) is 12.8 Å². The van der Waals surface area contributed by atoms with Crippen molar-refractivity contribution >= 4 is 11.6 Å². The summed E-state index contributed by atoms with van der Waals surface area (Å²) in [4.78, 5) is 16.9. The average Bonchev–Trinajstić information content (AvgIpc) is 3.25. The van der Waals surface area contributed by atoms with E-state index in [-0.39, 0.29) is 5.91 Å². The van der Waals surface area contributed by atoms with Crippen molar-refractivity contribution in [3.05, 3.63) is 29.8 Å². The number of hydrogen-bond donors (Lipinski definition) is 1. The summed E-state index contributed by atoms with van der Waals surface area (Å²) in [6.07, 6.45) is 6.28. The number of nitrogens with zero attached hydrogens (tertiary/aromatic N) is 2. The molecule has 0 bridgehead atoms. The topological polar surface area (TPSA) is 35.6 Å². The third-order valence-corrected chi connectivity index (χ3v) is 5.58. The number of rotatable bonds is 6. The molecule has 1 saturated carbocycles. The summed E-state index contributed by atoms with van der Waals surface area (Å²) in [5.41, 5.74) is 2.61. The first-order valence-corrected chi connectivity index (χ1v) is 9.40. The Hall–Kier alpha value is -1.55. The van der Waals surface area contributed by atoms with Crippen LogP contribution in [-0.2, 0) is 4.79 Å². The molecule has 0 radical (unpaired) electrons. The average molecular weight is 329 g/mol. The maximum absolute atomic E-state index is 12.2. The largest absolute Gasteiger partial charge is 0.371 e. The lowest BCUT2D eigenvalue weighted by Gasteiger charge is -2.23. The van der Waals surface area contributed by atoms with Crippen molar-refractivity contribution in [2.45, 2.75) is 45.1 Å². The summed E-state index contributed by atoms with van der Waals surface area (Å²) in [5, 5.41) is 3.16. The van der Waals surface area contributed by atoms with Gasteiger partial charge in [-0.25, -0.2) is 0 Å². The third kappa shape index (κ3) is 4.50. The van der Waals surface area contributed by atoms with Crippen molar-refractivity contribution in [3.8, 4) is 0 Å². The van der Waals surface area contributed by atoms with E-state index in [1.165, 1.54) is 36.9 Å². The first-order valence-electron chi connectivity index (χ1n) is 9.40. The van der Waals surface area contributed by atoms with E-state index in [4.69, 9.17) is 0 Å². The maximum Gasteiger partial charge on any atom is 0.234 e. The monoisotopic (exact) mass is 329 g/mol. The van der Waals surface area contributed by atoms with E-state index < -0.39 is 0 Å². The lowest BCUT2D eigenvalue weighted by atomic mass is 10.1. The van der Waals surface area contributed by atoms with E-state index in [0.717, 1.165) is 26.1 Å². The number of aryl methyl sites for hydroxylation is 1. The molecular weight excluding hydrogens is 298 g/mol. The van der Waals surface area contributed by atoms with Crippen LogP contribution >= 0.6 is 0 Å². The Morgan fingerprint density at radius 3 is 2.83 bits per heavy atom. The number of nitrogens with one attached hydrogen (secondary N) is 1. The Morgan fingerprint density at radius 2 is 2.08 bits per heavy atom. The van der Waals surface area contributed by atoms with Gasteiger partial charge in [0.2, 0.25) is 5.91 Å². The molecule has 4 nitrogen and oxygen atoms in total. The van der Waals surface area contributed by atoms with Gasteiger partial charge in [0.15, 0.2) is 0 Å². The molecule has 1 aromatic carbocycles. The van der Waals surface area contributed by atoms with Crippen molar-refractivity contribution in [3.63, 3.8) is 0 Å². The minimum atomic E-state index is 0.179. The van der Waals surface area contributed by atoms with Gasteiger partial charge in [0.25, 0.3) is 0 Å². The third-order valence-electron chi connectivity index (χ3n) is 5.58. The number of amides is 1. The predicted octanol–water partition coefficient (Wildman–Crippen LogP) is 2.81. The van der Waals surface area contributed by atoms with Crippen LogP contribution in [0.15, 0.2) is 24.3 Å². The van der Waals surface area contributed by atoms with Crippen LogP contribution in [-0.4, -0.2) is 50.1 Å². The molecule has 2 aliphatic rings. The molecule has 1 atom stereocenters. The second-order valence-corrected chi connectivity index (χ2v) is 7.60. The lowest BCUT2D eigenvalue weighted by molar-refractivity contribution is -0.122. The number of hydrogen-bond acceptors (Lipinski definition) is 3. The Bertz CT molecular complexity index is 554. The fourth-order valence-corrected chi connectivity index (χ4v) is 4.07. The number of anilines is 1. The lowest BCUT2D eigenvalue weighted by Crippen LogP contribution is -2.41. The smallest absolute Gasteiger partial charge is 0.234 e. The van der Waals surface area contributed by atoms with E-state index in [1.807, 2.05) is 0 Å². The molecular formula is C20H31N3O. The molecule has 1 unspecified atom stereocenters. The standard InChI is InChI=1S/C20H31N3O/c1-16-6-5-9-19(12-16)23-11-10-17(14-23)13-21-20(24)15-22(2)18-7-3-4-8-18/h5-6,9,12,17-18H,3-4,7-8,10-11,13-15H2,1-2H3,(H,21,24). The van der Waals surface area contributed by atoms with Gasteiger partial charge in [-0.3, -0.25) is 9.69 Å². The molecule has 1 saturated heterocycles. The van der Waals surface area contributed by atoms with Crippen molar-refractivity contribution in [2.24, 2.45) is 5.92 Å². The SMILES string of the molecule is Cc1cccc(N2CCC(CNC(=O)CN(C)C3CCCC3)C2)c1. The summed E-state index contributed by atoms with van der Waals surface area (Å²) in [6.45, 7) is 5.62. The van der Waals surface area contributed by atoms with Crippen LogP contribution in [0.5, 0.6) is 0 Å². The molecule has 1 aliphatic heterocycles. The number of carbonyl (C=O) groups excluding carboxylic acids is 1. The van der Waals surface area contributed by atoms with E-state index >= 15 is 0 Å². The zero-order chi connectivity index (χ0) is 16.9. The first kappa shape index (κ1) is 17.3. The van der Waals surface area contributed by atoms with Crippen LogP contribution in [0.4, 0.5) is 5.69 Å². The first-order chi connectivity index (χ1) is 11.6. The highest BCUT2D eigenvalue weighted by molar-refractivity contribution is 5.78. The van der Waals surface area contributed by atoms with Gasteiger partial charge in [-0.2, -0.15) is 0 Å². The van der Waals surface area contributed by atoms with Gasteiger partial charge < -0.3 is 10.2 Å². The van der Waals surface area contributed by atoms with Crippen LogP contribution in [0.25, 0.3) is 0 Å². The van der Waals surface area contributed by atoms with Crippen LogP contribution < -0.4 is 10.2 Å². The zero-order valence-corrected chi connectivity index (χ0v) is 15.1. The normalized spacial score (nSPS) is 21.6. The molecule has 1 aromatic rings. The number of likely N-dealkylation sites (N-methyl/N-ethyl adjacent to an activating group) is 1. The van der Waals surface area contributed by atoms with Gasteiger partial charge in [-0.1, -0.05) is 25.0 Å². The van der Waals surface area contributed by atoms with Gasteiger partial charge in [0.1, 0.15) is 0 Å². The van der Waals surface area contributed by atoms with Crippen LogP contribution in [0.2, 0.25) is 0 Å². The summed E-state index contributed by atoms with van der Waals surface area (Å²) in [7, 11) is 2.09. The fraction of sp³-hybridized carbons (Fsp3) is 0.650. The van der Waals surface area contributed by atoms with Crippen LogP contribution in [0.3, 0.4) is 0 Å². The second-order valence-electron chi connectivity index (χ2n) is 7.60. The molecule has 1 N–H and O–H groups in total. The van der Waals surface area contributed by atoms with Gasteiger partial charge in [-0.15, -0.1) is 0 Å². The van der Waals surface area contributed by atoms with Crippen molar-refractivity contribution < 1.29 is 4.79 Å². The molecule has 1 heterocycles. The quantitative estimate of drug-likeness (QED) is 0.872. The summed E-state index contributed by atoms with van der Waals surface area (Å²) in [6, 6.07) is 9.30. The summed E-state index contributed by atoms with van der Waals surface area (Å²) >= 11 is 0. The van der Waals surface area contributed by atoms with Gasteiger partial charge >= 0.3 is 0 Å². The molecule has 1 aliphatic carbocycles. The Kier molecular flexibility index (Phi) is 5.77. The van der Waals surface area contributed by atoms with Crippen molar-refractivity contribution in [1.29, 1.82) is 0 Å². The highest BCUT2D eigenvalue weighted by Crippen LogP contribution is 2.24. The Morgan fingerprint density at radius 1 is 1.29 bits per heavy atom. The summed E-state index contributed by atoms with van der Waals surface area (Å²) in [5.74, 6) is 0.740. The van der Waals surface area contributed by atoms with E-state index in [1.54, 1.807) is 0 Å². The minimum Gasteiger partial charge on any atom is -0.371 e. The molecule has 2 fully saturated rings. The minimum absolute atomic E-state index is 0.179. The highest BCUT2D eigenvalue weighted by atomic mass is 16.2. The van der Waals surface area contributed by atoms with Crippen molar-refractivity contribution in [1.82, 2.24) is 10.2 Å². The second kappa shape index (κ2) is 8.02. The van der Waals surface area contributed by atoms with Gasteiger partial charge in [0.05, 0.1) is 6.54 Å².